The van der Waals surface area contributed by atoms with Crippen molar-refractivity contribution in [2.24, 2.45) is 0 Å². The zero-order valence-electron chi connectivity index (χ0n) is 18.4. The van der Waals surface area contributed by atoms with Crippen LogP contribution >= 0.6 is 11.8 Å². The molecule has 0 radical (unpaired) electrons. The smallest absolute Gasteiger partial charge is 0.338 e. The van der Waals surface area contributed by atoms with Crippen molar-refractivity contribution in [2.45, 2.75) is 51.2 Å². The molecule has 31 heavy (non-hydrogen) atoms. The number of hydrogen-bond donors (Lipinski definition) is 1. The van der Waals surface area contributed by atoms with Crippen molar-refractivity contribution in [1.82, 2.24) is 14.8 Å². The molecule has 2 heterocycles. The van der Waals surface area contributed by atoms with E-state index in [1.807, 2.05) is 31.2 Å². The normalized spacial score (nSPS) is 15.3. The Morgan fingerprint density at radius 3 is 2.87 bits per heavy atom. The summed E-state index contributed by atoms with van der Waals surface area (Å²) in [6.45, 7) is 10.4. The van der Waals surface area contributed by atoms with E-state index in [-0.39, 0.29) is 6.61 Å². The molecule has 0 saturated carbocycles. The summed E-state index contributed by atoms with van der Waals surface area (Å²) in [4.78, 5) is 17.7. The Labute approximate surface area is 187 Å². The molecule has 0 aliphatic carbocycles. The maximum atomic E-state index is 13.0. The van der Waals surface area contributed by atoms with Gasteiger partial charge < -0.3 is 14.8 Å². The molecule has 1 unspecified atom stereocenters. The molecular weight excluding hydrogens is 412 g/mol. The number of esters is 1. The van der Waals surface area contributed by atoms with Crippen LogP contribution < -0.4 is 10.1 Å². The second kappa shape index (κ2) is 11.0. The van der Waals surface area contributed by atoms with Crippen LogP contribution in [-0.4, -0.2) is 39.7 Å². The highest BCUT2D eigenvalue weighted by atomic mass is 32.2. The van der Waals surface area contributed by atoms with Gasteiger partial charge in [0.1, 0.15) is 18.4 Å². The van der Waals surface area contributed by atoms with E-state index in [0.717, 1.165) is 36.3 Å². The Morgan fingerprint density at radius 1 is 1.32 bits per heavy atom. The Balaban J connectivity index is 2.07. The van der Waals surface area contributed by atoms with Crippen molar-refractivity contribution < 1.29 is 14.3 Å². The van der Waals surface area contributed by atoms with Gasteiger partial charge in [0.15, 0.2) is 0 Å². The van der Waals surface area contributed by atoms with E-state index in [0.29, 0.717) is 29.0 Å². The lowest BCUT2D eigenvalue weighted by molar-refractivity contribution is -0.138. The van der Waals surface area contributed by atoms with Crippen molar-refractivity contribution in [1.29, 1.82) is 0 Å². The summed E-state index contributed by atoms with van der Waals surface area (Å²) in [5.41, 5.74) is 2.02. The van der Waals surface area contributed by atoms with Crippen LogP contribution in [-0.2, 0) is 9.53 Å². The van der Waals surface area contributed by atoms with E-state index in [4.69, 9.17) is 14.6 Å². The molecule has 1 aromatic heterocycles. The van der Waals surface area contributed by atoms with Crippen molar-refractivity contribution in [3.8, 4) is 5.75 Å². The topological polar surface area (TPSA) is 78.3 Å². The molecule has 0 amide bonds. The largest absolute Gasteiger partial charge is 0.493 e. The van der Waals surface area contributed by atoms with Gasteiger partial charge in [-0.15, -0.1) is 5.10 Å². The van der Waals surface area contributed by atoms with Crippen LogP contribution in [0.3, 0.4) is 0 Å². The van der Waals surface area contributed by atoms with Crippen LogP contribution in [0.4, 0.5) is 5.95 Å². The summed E-state index contributed by atoms with van der Waals surface area (Å²) in [5.74, 6) is 1.86. The molecule has 1 aliphatic heterocycles. The van der Waals surface area contributed by atoms with Gasteiger partial charge in [0.05, 0.1) is 12.2 Å². The van der Waals surface area contributed by atoms with Crippen LogP contribution in [0.25, 0.3) is 0 Å². The van der Waals surface area contributed by atoms with E-state index in [1.165, 1.54) is 0 Å². The third-order valence-corrected chi connectivity index (χ3v) is 5.71. The van der Waals surface area contributed by atoms with Crippen molar-refractivity contribution in [3.05, 3.63) is 53.8 Å². The Bertz CT molecular complexity index is 954. The van der Waals surface area contributed by atoms with Crippen LogP contribution in [0.5, 0.6) is 5.75 Å². The first-order valence-electron chi connectivity index (χ1n) is 10.7. The number of hydrogen-bond acceptors (Lipinski definition) is 7. The molecule has 0 spiro atoms. The molecule has 1 aliphatic rings. The molecule has 0 saturated heterocycles. The average Bonchev–Trinajstić information content (AvgIpc) is 3.17. The number of fused-ring (bicyclic) bond motifs is 1. The number of para-hydroxylation sites is 1. The molecule has 1 atom stereocenters. The lowest BCUT2D eigenvalue weighted by atomic mass is 9.95. The molecule has 0 fully saturated rings. The Kier molecular flexibility index (Phi) is 8.17. The lowest BCUT2D eigenvalue weighted by Gasteiger charge is -2.29. The first-order valence-corrected chi connectivity index (χ1v) is 11.7. The molecule has 166 valence electrons. The molecule has 2 aromatic rings. The van der Waals surface area contributed by atoms with Gasteiger partial charge in [0.2, 0.25) is 11.1 Å². The summed E-state index contributed by atoms with van der Waals surface area (Å²) < 4.78 is 13.2. The highest BCUT2D eigenvalue weighted by Gasteiger charge is 2.36. The highest BCUT2D eigenvalue weighted by molar-refractivity contribution is 7.99. The summed E-state index contributed by atoms with van der Waals surface area (Å²) >= 11 is 1.62. The van der Waals surface area contributed by atoms with Crippen LogP contribution in [0.1, 0.15) is 51.6 Å². The minimum atomic E-state index is -0.505. The van der Waals surface area contributed by atoms with Gasteiger partial charge in [-0.1, -0.05) is 62.9 Å². The Morgan fingerprint density at radius 2 is 2.13 bits per heavy atom. The van der Waals surface area contributed by atoms with Crippen molar-refractivity contribution in [2.75, 3.05) is 24.3 Å². The summed E-state index contributed by atoms with van der Waals surface area (Å²) in [7, 11) is 0. The first-order chi connectivity index (χ1) is 15.1. The van der Waals surface area contributed by atoms with Gasteiger partial charge in [-0.2, -0.15) is 4.98 Å². The number of rotatable bonds is 11. The number of carbonyl (C=O) groups is 1. The van der Waals surface area contributed by atoms with Crippen molar-refractivity contribution in [3.63, 3.8) is 0 Å². The van der Waals surface area contributed by atoms with E-state index < -0.39 is 12.0 Å². The second-order valence-electron chi connectivity index (χ2n) is 7.20. The minimum Gasteiger partial charge on any atom is -0.493 e. The monoisotopic (exact) mass is 442 g/mol. The number of carbonyl (C=O) groups excluding carboxylic acids is 1. The molecule has 3 rings (SSSR count). The molecule has 0 bridgehead atoms. The number of anilines is 1. The SMILES string of the molecule is C=CCOC(=O)C1=C(C)Nc2nc(SCCCC)nn2C1c1ccccc1OCCC. The average molecular weight is 443 g/mol. The number of nitrogens with one attached hydrogen (secondary N) is 1. The standard InChI is InChI=1S/C23H30N4O3S/c1-5-8-15-31-23-25-22-24-16(4)19(21(28)30-14-7-3)20(27(22)26-23)17-11-9-10-12-18(17)29-13-6-2/h7,9-12,20H,3,5-6,8,13-15H2,1-2,4H3,(H,24,25,26). The van der Waals surface area contributed by atoms with Gasteiger partial charge >= 0.3 is 5.97 Å². The minimum absolute atomic E-state index is 0.138. The number of ether oxygens (including phenoxy) is 2. The van der Waals surface area contributed by atoms with Crippen LogP contribution in [0.2, 0.25) is 0 Å². The fourth-order valence-electron chi connectivity index (χ4n) is 3.31. The quantitative estimate of drug-likeness (QED) is 0.228. The number of nitrogens with zero attached hydrogens (tertiary/aromatic N) is 3. The highest BCUT2D eigenvalue weighted by Crippen LogP contribution is 2.40. The maximum Gasteiger partial charge on any atom is 0.338 e. The van der Waals surface area contributed by atoms with Gasteiger partial charge in [-0.05, 0) is 25.8 Å². The molecule has 1 N–H and O–H groups in total. The first kappa shape index (κ1) is 22.9. The summed E-state index contributed by atoms with van der Waals surface area (Å²) in [6, 6.07) is 7.24. The summed E-state index contributed by atoms with van der Waals surface area (Å²) in [5, 5.41) is 8.65. The number of unbranched alkanes of at least 4 members (excludes halogenated alkanes) is 1. The number of thioether (sulfide) groups is 1. The number of benzene rings is 1. The lowest BCUT2D eigenvalue weighted by Crippen LogP contribution is -2.30. The second-order valence-corrected chi connectivity index (χ2v) is 8.27. The molecule has 1 aromatic carbocycles. The van der Waals surface area contributed by atoms with E-state index >= 15 is 0 Å². The van der Waals surface area contributed by atoms with Crippen LogP contribution in [0, 0.1) is 0 Å². The zero-order valence-corrected chi connectivity index (χ0v) is 19.2. The Hall–Kier alpha value is -2.74. The van der Waals surface area contributed by atoms with Crippen molar-refractivity contribution >= 4 is 23.7 Å². The number of allylic oxidation sites excluding steroid dienone is 1. The number of aromatic nitrogens is 3. The zero-order chi connectivity index (χ0) is 22.2. The predicted molar refractivity (Wildman–Crippen MR) is 123 cm³/mol. The van der Waals surface area contributed by atoms with E-state index in [2.05, 4.69) is 30.7 Å². The van der Waals surface area contributed by atoms with Gasteiger partial charge in [0, 0.05) is 17.0 Å². The summed E-state index contributed by atoms with van der Waals surface area (Å²) in [6.07, 6.45) is 4.65. The molecule has 8 heteroatoms. The van der Waals surface area contributed by atoms with Gasteiger partial charge in [0.25, 0.3) is 0 Å². The van der Waals surface area contributed by atoms with Crippen LogP contribution in [0.15, 0.2) is 53.3 Å². The van der Waals surface area contributed by atoms with Gasteiger partial charge in [-0.25, -0.2) is 9.48 Å². The van der Waals surface area contributed by atoms with E-state index in [1.54, 1.807) is 22.5 Å². The fraction of sp³-hybridized carbons (Fsp3) is 0.435. The maximum absolute atomic E-state index is 13.0. The predicted octanol–water partition coefficient (Wildman–Crippen LogP) is 4.98. The molecular formula is C23H30N4O3S. The third-order valence-electron chi connectivity index (χ3n) is 4.79. The molecule has 7 nitrogen and oxygen atoms in total. The van der Waals surface area contributed by atoms with E-state index in [9.17, 15) is 4.79 Å². The third kappa shape index (κ3) is 5.31. The van der Waals surface area contributed by atoms with Gasteiger partial charge in [-0.3, -0.25) is 0 Å². The fourth-order valence-corrected chi connectivity index (χ4v) is 4.23.